The second-order valence-electron chi connectivity index (χ2n) is 4.62. The lowest BCUT2D eigenvalue weighted by molar-refractivity contribution is 0.169. The molecule has 0 aliphatic carbocycles. The van der Waals surface area contributed by atoms with Crippen LogP contribution in [0, 0.1) is 6.92 Å². The summed E-state index contributed by atoms with van der Waals surface area (Å²) in [5.74, 6) is 1.75. The van der Waals surface area contributed by atoms with Gasteiger partial charge in [-0.15, -0.1) is 0 Å². The summed E-state index contributed by atoms with van der Waals surface area (Å²) in [6, 6.07) is 6.06. The number of rotatable bonds is 4. The fourth-order valence-corrected chi connectivity index (χ4v) is 3.03. The van der Waals surface area contributed by atoms with Crippen LogP contribution in [0.3, 0.4) is 0 Å². The molecule has 0 spiro atoms. The fourth-order valence-electron chi connectivity index (χ4n) is 2.17. The highest BCUT2D eigenvalue weighted by molar-refractivity contribution is 7.08. The van der Waals surface area contributed by atoms with Crippen LogP contribution in [0.1, 0.15) is 16.7 Å². The topological polar surface area (TPSA) is 30.5 Å². The third-order valence-corrected chi connectivity index (χ3v) is 4.15. The van der Waals surface area contributed by atoms with Crippen LogP contribution in [-0.4, -0.2) is 13.2 Å². The summed E-state index contributed by atoms with van der Waals surface area (Å²) in [5.41, 5.74) is 3.88. The van der Waals surface area contributed by atoms with Gasteiger partial charge in [-0.1, -0.05) is 12.1 Å². The molecule has 3 rings (SSSR count). The van der Waals surface area contributed by atoms with E-state index in [2.05, 4.69) is 29.1 Å². The van der Waals surface area contributed by atoms with Crippen LogP contribution in [0.4, 0.5) is 0 Å². The van der Waals surface area contributed by atoms with Crippen molar-refractivity contribution in [3.8, 4) is 11.5 Å². The molecule has 0 fully saturated rings. The molecule has 0 saturated heterocycles. The Morgan fingerprint density at radius 1 is 1.11 bits per heavy atom. The highest BCUT2D eigenvalue weighted by atomic mass is 32.1. The summed E-state index contributed by atoms with van der Waals surface area (Å²) in [4.78, 5) is 0. The van der Waals surface area contributed by atoms with Crippen LogP contribution in [-0.2, 0) is 13.1 Å². The standard InChI is InChI=1S/C15H17NO2S/c1-11-9-19-10-13(11)8-16-7-12-3-2-4-14-15(12)18-6-5-17-14/h2-4,9-10,16H,5-8H2,1H3. The van der Waals surface area contributed by atoms with Gasteiger partial charge in [0.2, 0.25) is 0 Å². The van der Waals surface area contributed by atoms with E-state index < -0.39 is 0 Å². The third-order valence-electron chi connectivity index (χ3n) is 3.24. The zero-order valence-electron chi connectivity index (χ0n) is 10.9. The van der Waals surface area contributed by atoms with E-state index in [1.807, 2.05) is 12.1 Å². The molecule has 0 unspecified atom stereocenters. The van der Waals surface area contributed by atoms with Crippen molar-refractivity contribution >= 4 is 11.3 Å². The van der Waals surface area contributed by atoms with Crippen LogP contribution in [0.25, 0.3) is 0 Å². The molecule has 3 nitrogen and oxygen atoms in total. The van der Waals surface area contributed by atoms with Gasteiger partial charge in [0.25, 0.3) is 0 Å². The smallest absolute Gasteiger partial charge is 0.165 e. The molecule has 0 amide bonds. The molecule has 1 aromatic carbocycles. The van der Waals surface area contributed by atoms with Gasteiger partial charge in [0.05, 0.1) is 0 Å². The Morgan fingerprint density at radius 3 is 2.79 bits per heavy atom. The molecule has 1 aromatic heterocycles. The van der Waals surface area contributed by atoms with Crippen LogP contribution in [0.2, 0.25) is 0 Å². The summed E-state index contributed by atoms with van der Waals surface area (Å²) in [6.07, 6.45) is 0. The second-order valence-corrected chi connectivity index (χ2v) is 5.37. The van der Waals surface area contributed by atoms with Crippen molar-refractivity contribution < 1.29 is 9.47 Å². The molecule has 0 radical (unpaired) electrons. The summed E-state index contributed by atoms with van der Waals surface area (Å²) >= 11 is 1.75. The molecule has 2 aromatic rings. The SMILES string of the molecule is Cc1cscc1CNCc1cccc2c1OCCO2. The lowest BCUT2D eigenvalue weighted by atomic mass is 10.1. The van der Waals surface area contributed by atoms with E-state index in [0.29, 0.717) is 13.2 Å². The largest absolute Gasteiger partial charge is 0.486 e. The van der Waals surface area contributed by atoms with Gasteiger partial charge in [-0.3, -0.25) is 0 Å². The first-order chi connectivity index (χ1) is 9.34. The molecule has 4 heteroatoms. The first-order valence-corrected chi connectivity index (χ1v) is 7.39. The zero-order valence-corrected chi connectivity index (χ0v) is 11.8. The first-order valence-electron chi connectivity index (χ1n) is 6.44. The zero-order chi connectivity index (χ0) is 13.1. The highest BCUT2D eigenvalue weighted by Gasteiger charge is 2.14. The van der Waals surface area contributed by atoms with Gasteiger partial charge in [-0.2, -0.15) is 11.3 Å². The fraction of sp³-hybridized carbons (Fsp3) is 0.333. The van der Waals surface area contributed by atoms with Crippen molar-refractivity contribution in [2.45, 2.75) is 20.0 Å². The molecule has 2 heterocycles. The molecule has 1 N–H and O–H groups in total. The Bertz CT molecular complexity index is 565. The third kappa shape index (κ3) is 2.74. The number of thiophene rings is 1. The molecule has 1 aliphatic rings. The van der Waals surface area contributed by atoms with Gasteiger partial charge in [0, 0.05) is 18.7 Å². The minimum atomic E-state index is 0.633. The number of para-hydroxylation sites is 1. The number of aryl methyl sites for hydroxylation is 1. The summed E-state index contributed by atoms with van der Waals surface area (Å²) in [6.45, 7) is 5.10. The molecule has 0 saturated carbocycles. The number of nitrogens with one attached hydrogen (secondary N) is 1. The summed E-state index contributed by atoms with van der Waals surface area (Å²) < 4.78 is 11.3. The minimum absolute atomic E-state index is 0.633. The highest BCUT2D eigenvalue weighted by Crippen LogP contribution is 2.33. The van der Waals surface area contributed by atoms with Crippen molar-refractivity contribution in [3.63, 3.8) is 0 Å². The van der Waals surface area contributed by atoms with Gasteiger partial charge in [-0.25, -0.2) is 0 Å². The maximum Gasteiger partial charge on any atom is 0.165 e. The van der Waals surface area contributed by atoms with Crippen LogP contribution >= 0.6 is 11.3 Å². The molecular weight excluding hydrogens is 258 g/mol. The molecule has 19 heavy (non-hydrogen) atoms. The van der Waals surface area contributed by atoms with Gasteiger partial charge >= 0.3 is 0 Å². The number of ether oxygens (including phenoxy) is 2. The van der Waals surface area contributed by atoms with E-state index in [9.17, 15) is 0 Å². The van der Waals surface area contributed by atoms with Gasteiger partial charge in [0.1, 0.15) is 13.2 Å². The Morgan fingerprint density at radius 2 is 1.95 bits per heavy atom. The predicted molar refractivity (Wildman–Crippen MR) is 77.0 cm³/mol. The molecule has 1 aliphatic heterocycles. The Labute approximate surface area is 117 Å². The lowest BCUT2D eigenvalue weighted by Gasteiger charge is -2.21. The van der Waals surface area contributed by atoms with Crippen molar-refractivity contribution in [1.29, 1.82) is 0 Å². The Kier molecular flexibility index (Phi) is 3.71. The molecule has 0 bridgehead atoms. The van der Waals surface area contributed by atoms with Crippen LogP contribution in [0.15, 0.2) is 29.0 Å². The van der Waals surface area contributed by atoms with Crippen molar-refractivity contribution in [2.75, 3.05) is 13.2 Å². The van der Waals surface area contributed by atoms with Crippen LogP contribution in [0.5, 0.6) is 11.5 Å². The monoisotopic (exact) mass is 275 g/mol. The number of benzene rings is 1. The van der Waals surface area contributed by atoms with E-state index in [1.165, 1.54) is 11.1 Å². The van der Waals surface area contributed by atoms with Crippen LogP contribution < -0.4 is 14.8 Å². The molecular formula is C15H17NO2S. The average Bonchev–Trinajstić information content (AvgIpc) is 2.85. The number of hydrogen-bond donors (Lipinski definition) is 1. The quantitative estimate of drug-likeness (QED) is 0.930. The normalized spacial score (nSPS) is 13.5. The van der Waals surface area contributed by atoms with Crippen molar-refractivity contribution in [3.05, 3.63) is 45.6 Å². The predicted octanol–water partition coefficient (Wildman–Crippen LogP) is 3.12. The maximum absolute atomic E-state index is 5.70. The van der Waals surface area contributed by atoms with Crippen molar-refractivity contribution in [2.24, 2.45) is 0 Å². The van der Waals surface area contributed by atoms with Gasteiger partial charge < -0.3 is 14.8 Å². The number of fused-ring (bicyclic) bond motifs is 1. The second kappa shape index (κ2) is 5.63. The summed E-state index contributed by atoms with van der Waals surface area (Å²) in [5, 5.41) is 7.84. The van der Waals surface area contributed by atoms with Gasteiger partial charge in [-0.05, 0) is 34.9 Å². The number of hydrogen-bond acceptors (Lipinski definition) is 4. The Balaban J connectivity index is 1.66. The molecule has 0 atom stereocenters. The first kappa shape index (κ1) is 12.5. The van der Waals surface area contributed by atoms with Crippen molar-refractivity contribution in [1.82, 2.24) is 5.32 Å². The maximum atomic E-state index is 5.70. The Hall–Kier alpha value is -1.52. The van der Waals surface area contributed by atoms with E-state index in [4.69, 9.17) is 9.47 Å². The van der Waals surface area contributed by atoms with E-state index in [1.54, 1.807) is 11.3 Å². The molecule has 100 valence electrons. The van der Waals surface area contributed by atoms with E-state index in [0.717, 1.165) is 30.2 Å². The van der Waals surface area contributed by atoms with Gasteiger partial charge in [0.15, 0.2) is 11.5 Å². The van der Waals surface area contributed by atoms with E-state index >= 15 is 0 Å². The summed E-state index contributed by atoms with van der Waals surface area (Å²) in [7, 11) is 0. The average molecular weight is 275 g/mol. The lowest BCUT2D eigenvalue weighted by Crippen LogP contribution is -2.19. The minimum Gasteiger partial charge on any atom is -0.486 e. The van der Waals surface area contributed by atoms with E-state index in [-0.39, 0.29) is 0 Å².